The Balaban J connectivity index is 3.04. The highest BCUT2D eigenvalue weighted by atomic mass is 32.2. The molecule has 0 fully saturated rings. The Morgan fingerprint density at radius 2 is 1.42 bits per heavy atom. The Bertz CT molecular complexity index is 81.1. The molecule has 0 saturated carbocycles. The lowest BCUT2D eigenvalue weighted by molar-refractivity contribution is 0.322. The molecule has 0 aromatic heterocycles. The van der Waals surface area contributed by atoms with E-state index in [1.54, 1.807) is 23.5 Å². The van der Waals surface area contributed by atoms with Crippen molar-refractivity contribution < 1.29 is 10.2 Å². The SMILES string of the molecule is CC(CSCCO)CSCCO. The van der Waals surface area contributed by atoms with Gasteiger partial charge in [0.2, 0.25) is 0 Å². The molecule has 0 aliphatic rings. The molecule has 0 saturated heterocycles. The molecule has 2 N–H and O–H groups in total. The molecule has 0 aromatic carbocycles. The van der Waals surface area contributed by atoms with E-state index in [1.165, 1.54) is 0 Å². The van der Waals surface area contributed by atoms with Gasteiger partial charge in [-0.05, 0) is 17.4 Å². The molecule has 2 nitrogen and oxygen atoms in total. The molecule has 0 aromatic rings. The van der Waals surface area contributed by atoms with Crippen LogP contribution in [0.1, 0.15) is 6.92 Å². The van der Waals surface area contributed by atoms with E-state index in [9.17, 15) is 0 Å². The summed E-state index contributed by atoms with van der Waals surface area (Å²) in [5.74, 6) is 4.58. The zero-order chi connectivity index (χ0) is 9.23. The monoisotopic (exact) mass is 210 g/mol. The van der Waals surface area contributed by atoms with Gasteiger partial charge in [-0.1, -0.05) is 6.92 Å². The molecule has 0 bridgehead atoms. The maximum atomic E-state index is 8.53. The Morgan fingerprint density at radius 3 is 1.75 bits per heavy atom. The van der Waals surface area contributed by atoms with Gasteiger partial charge in [0.25, 0.3) is 0 Å². The van der Waals surface area contributed by atoms with Crippen molar-refractivity contribution in [1.29, 1.82) is 0 Å². The highest BCUT2D eigenvalue weighted by molar-refractivity contribution is 8.00. The maximum absolute atomic E-state index is 8.53. The first-order valence-corrected chi connectivity index (χ1v) is 6.49. The smallest absolute Gasteiger partial charge is 0.0521 e. The highest BCUT2D eigenvalue weighted by Crippen LogP contribution is 2.13. The third-order valence-corrected chi connectivity index (χ3v) is 3.83. The second-order valence-corrected chi connectivity index (χ2v) is 5.00. The van der Waals surface area contributed by atoms with Crippen LogP contribution in [0.3, 0.4) is 0 Å². The molecular weight excluding hydrogens is 192 g/mol. The number of rotatable bonds is 8. The van der Waals surface area contributed by atoms with Crippen LogP contribution in [-0.4, -0.2) is 46.4 Å². The minimum absolute atomic E-state index is 0.279. The van der Waals surface area contributed by atoms with Crippen molar-refractivity contribution in [2.45, 2.75) is 6.92 Å². The molecule has 74 valence electrons. The summed E-state index contributed by atoms with van der Waals surface area (Å²) in [6.45, 7) is 2.76. The number of aliphatic hydroxyl groups is 2. The molecule has 0 atom stereocenters. The Labute approximate surface area is 83.1 Å². The molecule has 0 rings (SSSR count). The van der Waals surface area contributed by atoms with Crippen LogP contribution < -0.4 is 0 Å². The first-order valence-electron chi connectivity index (χ1n) is 4.18. The van der Waals surface area contributed by atoms with E-state index >= 15 is 0 Å². The standard InChI is InChI=1S/C8H18O2S2/c1-8(6-11-4-2-9)7-12-5-3-10/h8-10H,2-7H2,1H3. The third kappa shape index (κ3) is 8.71. The van der Waals surface area contributed by atoms with Crippen molar-refractivity contribution in [2.24, 2.45) is 5.92 Å². The second-order valence-electron chi connectivity index (χ2n) is 2.70. The lowest BCUT2D eigenvalue weighted by Gasteiger charge is -2.09. The molecule has 0 radical (unpaired) electrons. The largest absolute Gasteiger partial charge is 0.396 e. The summed E-state index contributed by atoms with van der Waals surface area (Å²) in [5, 5.41) is 17.1. The van der Waals surface area contributed by atoms with E-state index in [2.05, 4.69) is 6.92 Å². The highest BCUT2D eigenvalue weighted by Gasteiger charge is 2.01. The van der Waals surface area contributed by atoms with E-state index in [-0.39, 0.29) is 13.2 Å². The number of hydrogen-bond donors (Lipinski definition) is 2. The minimum atomic E-state index is 0.279. The van der Waals surface area contributed by atoms with E-state index in [0.29, 0.717) is 5.92 Å². The summed E-state index contributed by atoms with van der Waals surface area (Å²) < 4.78 is 0. The molecule has 0 spiro atoms. The van der Waals surface area contributed by atoms with Crippen LogP contribution >= 0.6 is 23.5 Å². The fourth-order valence-corrected chi connectivity index (χ4v) is 2.53. The van der Waals surface area contributed by atoms with Crippen LogP contribution in [0, 0.1) is 5.92 Å². The number of aliphatic hydroxyl groups excluding tert-OH is 2. The second kappa shape index (κ2) is 9.71. The van der Waals surface area contributed by atoms with Crippen molar-refractivity contribution >= 4 is 23.5 Å². The number of hydrogen-bond acceptors (Lipinski definition) is 4. The van der Waals surface area contributed by atoms with Gasteiger partial charge in [0.15, 0.2) is 0 Å². The van der Waals surface area contributed by atoms with Crippen LogP contribution in [0.4, 0.5) is 0 Å². The summed E-state index contributed by atoms with van der Waals surface area (Å²) in [7, 11) is 0. The first kappa shape index (κ1) is 12.6. The Kier molecular flexibility index (Phi) is 10.2. The summed E-state index contributed by atoms with van der Waals surface area (Å²) in [6.07, 6.45) is 0. The van der Waals surface area contributed by atoms with Gasteiger partial charge in [-0.25, -0.2) is 0 Å². The molecule has 4 heteroatoms. The molecular formula is C8H18O2S2. The molecule has 0 aliphatic heterocycles. The van der Waals surface area contributed by atoms with E-state index in [0.717, 1.165) is 23.0 Å². The lowest BCUT2D eigenvalue weighted by Crippen LogP contribution is -2.04. The van der Waals surface area contributed by atoms with Crippen LogP contribution in [0.2, 0.25) is 0 Å². The minimum Gasteiger partial charge on any atom is -0.396 e. The topological polar surface area (TPSA) is 40.5 Å². The average molecular weight is 210 g/mol. The molecule has 0 unspecified atom stereocenters. The summed E-state index contributed by atoms with van der Waals surface area (Å²) >= 11 is 3.59. The third-order valence-electron chi connectivity index (χ3n) is 1.28. The van der Waals surface area contributed by atoms with Gasteiger partial charge in [-0.2, -0.15) is 23.5 Å². The lowest BCUT2D eigenvalue weighted by atomic mass is 10.3. The van der Waals surface area contributed by atoms with Gasteiger partial charge in [0, 0.05) is 11.5 Å². The van der Waals surface area contributed by atoms with Crippen molar-refractivity contribution in [1.82, 2.24) is 0 Å². The van der Waals surface area contributed by atoms with Crippen molar-refractivity contribution in [2.75, 3.05) is 36.2 Å². The summed E-state index contributed by atoms with van der Waals surface area (Å²) in [4.78, 5) is 0. The van der Waals surface area contributed by atoms with Gasteiger partial charge < -0.3 is 10.2 Å². The van der Waals surface area contributed by atoms with Crippen LogP contribution in [0.15, 0.2) is 0 Å². The van der Waals surface area contributed by atoms with E-state index in [1.807, 2.05) is 0 Å². The Morgan fingerprint density at radius 1 is 1.00 bits per heavy atom. The van der Waals surface area contributed by atoms with Gasteiger partial charge in [0.1, 0.15) is 0 Å². The predicted octanol–water partition coefficient (Wildman–Crippen LogP) is 1.07. The van der Waals surface area contributed by atoms with Crippen LogP contribution in [0.25, 0.3) is 0 Å². The zero-order valence-corrected chi connectivity index (χ0v) is 9.16. The van der Waals surface area contributed by atoms with Gasteiger partial charge in [-0.15, -0.1) is 0 Å². The fraction of sp³-hybridized carbons (Fsp3) is 1.00. The van der Waals surface area contributed by atoms with Gasteiger partial charge >= 0.3 is 0 Å². The first-order chi connectivity index (χ1) is 5.81. The van der Waals surface area contributed by atoms with Gasteiger partial charge in [-0.3, -0.25) is 0 Å². The zero-order valence-electron chi connectivity index (χ0n) is 7.53. The molecule has 0 aliphatic carbocycles. The molecule has 0 heterocycles. The number of thioether (sulfide) groups is 2. The molecule has 0 amide bonds. The van der Waals surface area contributed by atoms with E-state index < -0.39 is 0 Å². The van der Waals surface area contributed by atoms with E-state index in [4.69, 9.17) is 10.2 Å². The van der Waals surface area contributed by atoms with Crippen LogP contribution in [-0.2, 0) is 0 Å². The maximum Gasteiger partial charge on any atom is 0.0521 e. The normalized spacial score (nSPS) is 11.0. The quantitative estimate of drug-likeness (QED) is 0.588. The van der Waals surface area contributed by atoms with Crippen LogP contribution in [0.5, 0.6) is 0 Å². The van der Waals surface area contributed by atoms with Crippen molar-refractivity contribution in [3.8, 4) is 0 Å². The van der Waals surface area contributed by atoms with Crippen molar-refractivity contribution in [3.63, 3.8) is 0 Å². The summed E-state index contributed by atoms with van der Waals surface area (Å²) in [5.41, 5.74) is 0. The molecule has 12 heavy (non-hydrogen) atoms. The summed E-state index contributed by atoms with van der Waals surface area (Å²) in [6, 6.07) is 0. The Hall–Kier alpha value is 0.620. The van der Waals surface area contributed by atoms with Crippen molar-refractivity contribution in [3.05, 3.63) is 0 Å². The van der Waals surface area contributed by atoms with Gasteiger partial charge in [0.05, 0.1) is 13.2 Å². The fourth-order valence-electron chi connectivity index (χ4n) is 0.746. The average Bonchev–Trinajstić information content (AvgIpc) is 2.06. The predicted molar refractivity (Wildman–Crippen MR) is 58.0 cm³/mol.